The van der Waals surface area contributed by atoms with E-state index >= 15 is 0 Å². The number of sulfonamides is 1. The molecule has 1 saturated heterocycles. The fourth-order valence-electron chi connectivity index (χ4n) is 2.68. The third-order valence-electron chi connectivity index (χ3n) is 3.69. The molecule has 1 aliphatic heterocycles. The van der Waals surface area contributed by atoms with Gasteiger partial charge < -0.3 is 10.2 Å². The number of guanidine groups is 1. The largest absolute Gasteiger partial charge is 0.352 e. The number of thioether (sulfide) groups is 1. The molecule has 2 rings (SSSR count). The summed E-state index contributed by atoms with van der Waals surface area (Å²) in [6.07, 6.45) is 1.16. The Labute approximate surface area is 149 Å². The van der Waals surface area contributed by atoms with Gasteiger partial charge in [-0.05, 0) is 25.5 Å². The summed E-state index contributed by atoms with van der Waals surface area (Å²) in [4.78, 5) is 6.63. The van der Waals surface area contributed by atoms with Crippen molar-refractivity contribution < 1.29 is 8.42 Å². The number of hydrogen-bond acceptors (Lipinski definition) is 4. The normalized spacial score (nSPS) is 18.3. The Hall–Kier alpha value is -1.41. The molecule has 134 valence electrons. The first-order valence-corrected chi connectivity index (χ1v) is 10.7. The molecule has 0 aromatic heterocycles. The van der Waals surface area contributed by atoms with Crippen LogP contribution in [0.15, 0.2) is 29.3 Å². The van der Waals surface area contributed by atoms with Crippen molar-refractivity contribution in [1.29, 1.82) is 0 Å². The lowest BCUT2D eigenvalue weighted by Crippen LogP contribution is -2.50. The van der Waals surface area contributed by atoms with Crippen molar-refractivity contribution in [2.45, 2.75) is 25.1 Å². The van der Waals surface area contributed by atoms with Crippen LogP contribution in [0.2, 0.25) is 0 Å². The maximum atomic E-state index is 11.5. The van der Waals surface area contributed by atoms with Gasteiger partial charge in [0.2, 0.25) is 10.0 Å². The third kappa shape index (κ3) is 5.59. The topological polar surface area (TPSA) is 73.8 Å². The van der Waals surface area contributed by atoms with Crippen LogP contribution in [0, 0.1) is 0 Å². The molecule has 24 heavy (non-hydrogen) atoms. The zero-order valence-electron chi connectivity index (χ0n) is 14.7. The number of anilines is 1. The molecule has 8 heteroatoms. The van der Waals surface area contributed by atoms with E-state index in [4.69, 9.17) is 0 Å². The molecule has 0 aliphatic carbocycles. The number of nitrogens with zero attached hydrogens (tertiary/aromatic N) is 2. The molecule has 1 heterocycles. The van der Waals surface area contributed by atoms with Gasteiger partial charge in [-0.25, -0.2) is 8.42 Å². The Balaban J connectivity index is 2.07. The predicted octanol–water partition coefficient (Wildman–Crippen LogP) is 1.96. The van der Waals surface area contributed by atoms with Gasteiger partial charge >= 0.3 is 0 Å². The Morgan fingerprint density at radius 2 is 2.08 bits per heavy atom. The molecule has 1 aromatic rings. The molecular weight excluding hydrogens is 344 g/mol. The van der Waals surface area contributed by atoms with Gasteiger partial charge in [0.25, 0.3) is 0 Å². The van der Waals surface area contributed by atoms with Gasteiger partial charge in [0.05, 0.1) is 11.9 Å². The van der Waals surface area contributed by atoms with Crippen molar-refractivity contribution in [3.8, 4) is 0 Å². The highest BCUT2D eigenvalue weighted by molar-refractivity contribution is 8.00. The predicted molar refractivity (Wildman–Crippen MR) is 103 cm³/mol. The minimum atomic E-state index is -3.30. The SMILES string of the molecule is CN=C(NCc1ccccc1NS(C)(=O)=O)N1CCSC(C)(C)C1. The number of rotatable bonds is 4. The molecule has 1 aromatic carbocycles. The van der Waals surface area contributed by atoms with Crippen LogP contribution in [0.25, 0.3) is 0 Å². The summed E-state index contributed by atoms with van der Waals surface area (Å²) >= 11 is 1.97. The summed E-state index contributed by atoms with van der Waals surface area (Å²) in [7, 11) is -1.53. The molecule has 1 fully saturated rings. The van der Waals surface area contributed by atoms with Gasteiger partial charge in [-0.2, -0.15) is 11.8 Å². The second kappa shape index (κ2) is 7.65. The number of para-hydroxylation sites is 1. The highest BCUT2D eigenvalue weighted by Crippen LogP contribution is 2.29. The first-order valence-electron chi connectivity index (χ1n) is 7.85. The molecule has 0 atom stereocenters. The molecule has 1 aliphatic rings. The van der Waals surface area contributed by atoms with E-state index in [1.54, 1.807) is 13.1 Å². The summed E-state index contributed by atoms with van der Waals surface area (Å²) in [5.41, 5.74) is 1.48. The number of nitrogens with one attached hydrogen (secondary N) is 2. The van der Waals surface area contributed by atoms with Crippen LogP contribution in [-0.2, 0) is 16.6 Å². The third-order valence-corrected chi connectivity index (χ3v) is 5.57. The first kappa shape index (κ1) is 18.9. The van der Waals surface area contributed by atoms with Crippen molar-refractivity contribution in [3.05, 3.63) is 29.8 Å². The van der Waals surface area contributed by atoms with Crippen LogP contribution >= 0.6 is 11.8 Å². The van der Waals surface area contributed by atoms with E-state index in [-0.39, 0.29) is 4.75 Å². The van der Waals surface area contributed by atoms with E-state index in [1.165, 1.54) is 0 Å². The lowest BCUT2D eigenvalue weighted by atomic mass is 10.2. The average Bonchev–Trinajstić information content (AvgIpc) is 2.47. The molecule has 6 nitrogen and oxygen atoms in total. The Bertz CT molecular complexity index is 702. The van der Waals surface area contributed by atoms with Crippen LogP contribution in [0.4, 0.5) is 5.69 Å². The van der Waals surface area contributed by atoms with E-state index < -0.39 is 10.0 Å². The minimum absolute atomic E-state index is 0.200. The van der Waals surface area contributed by atoms with E-state index in [2.05, 4.69) is 33.8 Å². The van der Waals surface area contributed by atoms with E-state index in [0.717, 1.165) is 36.6 Å². The lowest BCUT2D eigenvalue weighted by Gasteiger charge is -2.39. The van der Waals surface area contributed by atoms with Gasteiger partial charge in [-0.15, -0.1) is 0 Å². The van der Waals surface area contributed by atoms with Crippen LogP contribution in [0.5, 0.6) is 0 Å². The second-order valence-corrected chi connectivity index (χ2v) is 10.0. The minimum Gasteiger partial charge on any atom is -0.352 e. The fraction of sp³-hybridized carbons (Fsp3) is 0.562. The van der Waals surface area contributed by atoms with Crippen molar-refractivity contribution in [1.82, 2.24) is 10.2 Å². The van der Waals surface area contributed by atoms with Gasteiger partial charge in [-0.3, -0.25) is 9.71 Å². The molecule has 0 unspecified atom stereocenters. The van der Waals surface area contributed by atoms with Crippen LogP contribution in [-0.4, -0.2) is 56.2 Å². The van der Waals surface area contributed by atoms with Crippen molar-refractivity contribution in [2.75, 3.05) is 36.9 Å². The summed E-state index contributed by atoms with van der Waals surface area (Å²) in [6, 6.07) is 7.38. The number of aliphatic imine (C=N–C) groups is 1. The van der Waals surface area contributed by atoms with Gasteiger partial charge in [-0.1, -0.05) is 18.2 Å². The maximum absolute atomic E-state index is 11.5. The zero-order chi connectivity index (χ0) is 17.8. The van der Waals surface area contributed by atoms with E-state index in [9.17, 15) is 8.42 Å². The van der Waals surface area contributed by atoms with Crippen molar-refractivity contribution >= 4 is 33.4 Å². The number of benzene rings is 1. The molecular formula is C16H26N4O2S2. The summed E-state index contributed by atoms with van der Waals surface area (Å²) < 4.78 is 25.8. The number of hydrogen-bond donors (Lipinski definition) is 2. The Morgan fingerprint density at radius 3 is 2.71 bits per heavy atom. The monoisotopic (exact) mass is 370 g/mol. The first-order chi connectivity index (χ1) is 11.2. The Morgan fingerprint density at radius 1 is 1.38 bits per heavy atom. The Kier molecular flexibility index (Phi) is 6.03. The van der Waals surface area contributed by atoms with E-state index in [1.807, 2.05) is 30.0 Å². The maximum Gasteiger partial charge on any atom is 0.229 e. The molecule has 0 bridgehead atoms. The molecule has 0 radical (unpaired) electrons. The van der Waals surface area contributed by atoms with Gasteiger partial charge in [0.15, 0.2) is 5.96 Å². The smallest absolute Gasteiger partial charge is 0.229 e. The lowest BCUT2D eigenvalue weighted by molar-refractivity contribution is 0.376. The summed E-state index contributed by atoms with van der Waals surface area (Å²) in [5, 5.41) is 3.35. The van der Waals surface area contributed by atoms with Crippen molar-refractivity contribution in [3.63, 3.8) is 0 Å². The zero-order valence-corrected chi connectivity index (χ0v) is 16.3. The fourth-order valence-corrected chi connectivity index (χ4v) is 4.39. The average molecular weight is 371 g/mol. The molecule has 0 spiro atoms. The quantitative estimate of drug-likeness (QED) is 0.626. The molecule has 2 N–H and O–H groups in total. The van der Waals surface area contributed by atoms with Crippen LogP contribution in [0.1, 0.15) is 19.4 Å². The molecule has 0 amide bonds. The summed E-state index contributed by atoms with van der Waals surface area (Å²) in [5.74, 6) is 1.91. The van der Waals surface area contributed by atoms with Crippen LogP contribution in [0.3, 0.4) is 0 Å². The molecule has 0 saturated carbocycles. The van der Waals surface area contributed by atoms with E-state index in [0.29, 0.717) is 12.2 Å². The standard InChI is InChI=1S/C16H26N4O2S2/c1-16(2)12-20(9-10-23-16)15(17-3)18-11-13-7-5-6-8-14(13)19-24(4,21)22/h5-8,19H,9-12H2,1-4H3,(H,17,18). The van der Waals surface area contributed by atoms with Gasteiger partial charge in [0, 0.05) is 37.2 Å². The summed E-state index contributed by atoms with van der Waals surface area (Å²) in [6.45, 7) is 6.87. The second-order valence-electron chi connectivity index (χ2n) is 6.46. The highest BCUT2D eigenvalue weighted by atomic mass is 32.2. The van der Waals surface area contributed by atoms with Crippen molar-refractivity contribution in [2.24, 2.45) is 4.99 Å². The van der Waals surface area contributed by atoms with Gasteiger partial charge in [0.1, 0.15) is 0 Å². The van der Waals surface area contributed by atoms with Crippen LogP contribution < -0.4 is 10.0 Å². The highest BCUT2D eigenvalue weighted by Gasteiger charge is 2.28.